The number of methoxy groups -OCH3 is 1. The number of hydrogen-bond donors (Lipinski definition) is 1. The summed E-state index contributed by atoms with van der Waals surface area (Å²) in [6.07, 6.45) is 4.78. The Morgan fingerprint density at radius 1 is 1.39 bits per heavy atom. The van der Waals surface area contributed by atoms with E-state index in [0.717, 1.165) is 6.42 Å². The van der Waals surface area contributed by atoms with E-state index in [1.165, 1.54) is 26.4 Å². The Labute approximate surface area is 108 Å². The molecule has 0 spiro atoms. The molecule has 0 bridgehead atoms. The molecule has 0 saturated heterocycles. The third-order valence-corrected chi connectivity index (χ3v) is 2.69. The van der Waals surface area contributed by atoms with Crippen LogP contribution in [0.15, 0.2) is 12.1 Å². The molecular formula is C13H21N3O2. The van der Waals surface area contributed by atoms with Crippen molar-refractivity contribution in [1.82, 2.24) is 10.2 Å². The maximum atomic E-state index is 11.2. The van der Waals surface area contributed by atoms with Crippen molar-refractivity contribution in [3.8, 4) is 0 Å². The molecule has 1 atom stereocenters. The van der Waals surface area contributed by atoms with Gasteiger partial charge in [-0.15, -0.1) is 10.2 Å². The molecule has 0 amide bonds. The SMILES string of the molecule is CCCCCC(C)Nc1ccc(C(=O)OC)nn1. The quantitative estimate of drug-likeness (QED) is 0.596. The standard InChI is InChI=1S/C13H21N3O2/c1-4-5-6-7-10(2)14-12-9-8-11(15-16-12)13(17)18-3/h8-10H,4-7H2,1-3H3,(H,14,16). The van der Waals surface area contributed by atoms with Gasteiger partial charge in [0.05, 0.1) is 7.11 Å². The minimum Gasteiger partial charge on any atom is -0.464 e. The first kappa shape index (κ1) is 14.4. The van der Waals surface area contributed by atoms with Gasteiger partial charge in [0.2, 0.25) is 0 Å². The lowest BCUT2D eigenvalue weighted by Crippen LogP contribution is -2.16. The Morgan fingerprint density at radius 3 is 2.72 bits per heavy atom. The Bertz CT molecular complexity index is 365. The van der Waals surface area contributed by atoms with Crippen LogP contribution in [-0.4, -0.2) is 29.3 Å². The largest absolute Gasteiger partial charge is 0.464 e. The number of aromatic nitrogens is 2. The fraction of sp³-hybridized carbons (Fsp3) is 0.615. The highest BCUT2D eigenvalue weighted by atomic mass is 16.5. The average Bonchev–Trinajstić information content (AvgIpc) is 2.39. The summed E-state index contributed by atoms with van der Waals surface area (Å²) >= 11 is 0. The van der Waals surface area contributed by atoms with E-state index >= 15 is 0 Å². The van der Waals surface area contributed by atoms with Gasteiger partial charge >= 0.3 is 5.97 Å². The van der Waals surface area contributed by atoms with Gasteiger partial charge in [-0.25, -0.2) is 4.79 Å². The molecule has 0 aliphatic carbocycles. The molecule has 5 heteroatoms. The number of hydrogen-bond acceptors (Lipinski definition) is 5. The first-order valence-electron chi connectivity index (χ1n) is 6.36. The van der Waals surface area contributed by atoms with E-state index in [1.807, 2.05) is 0 Å². The molecule has 0 saturated carbocycles. The second-order valence-corrected chi connectivity index (χ2v) is 4.34. The zero-order chi connectivity index (χ0) is 13.4. The number of anilines is 1. The number of ether oxygens (including phenoxy) is 1. The van der Waals surface area contributed by atoms with Crippen LogP contribution in [0.5, 0.6) is 0 Å². The molecule has 1 aromatic heterocycles. The molecule has 0 aliphatic heterocycles. The maximum absolute atomic E-state index is 11.2. The van der Waals surface area contributed by atoms with Crippen molar-refractivity contribution in [1.29, 1.82) is 0 Å². The maximum Gasteiger partial charge on any atom is 0.358 e. The molecule has 0 aromatic carbocycles. The Balaban J connectivity index is 2.45. The van der Waals surface area contributed by atoms with Crippen LogP contribution in [0.1, 0.15) is 50.0 Å². The lowest BCUT2D eigenvalue weighted by atomic mass is 10.1. The number of nitrogens with one attached hydrogen (secondary N) is 1. The van der Waals surface area contributed by atoms with Crippen molar-refractivity contribution in [3.05, 3.63) is 17.8 Å². The highest BCUT2D eigenvalue weighted by Crippen LogP contribution is 2.09. The molecule has 1 rings (SSSR count). The number of carbonyl (C=O) groups is 1. The molecule has 1 heterocycles. The van der Waals surface area contributed by atoms with E-state index in [-0.39, 0.29) is 5.69 Å². The summed E-state index contributed by atoms with van der Waals surface area (Å²) in [5, 5.41) is 11.0. The zero-order valence-corrected chi connectivity index (χ0v) is 11.3. The van der Waals surface area contributed by atoms with Gasteiger partial charge in [0.25, 0.3) is 0 Å². The lowest BCUT2D eigenvalue weighted by Gasteiger charge is -2.13. The van der Waals surface area contributed by atoms with Gasteiger partial charge in [-0.05, 0) is 25.5 Å². The van der Waals surface area contributed by atoms with Gasteiger partial charge in [-0.2, -0.15) is 0 Å². The predicted molar refractivity (Wildman–Crippen MR) is 70.6 cm³/mol. The predicted octanol–water partition coefficient (Wildman–Crippen LogP) is 2.64. The van der Waals surface area contributed by atoms with Crippen molar-refractivity contribution in [2.75, 3.05) is 12.4 Å². The zero-order valence-electron chi connectivity index (χ0n) is 11.3. The second kappa shape index (κ2) is 7.63. The summed E-state index contributed by atoms with van der Waals surface area (Å²) in [6.45, 7) is 4.31. The summed E-state index contributed by atoms with van der Waals surface area (Å²) in [6, 6.07) is 3.71. The van der Waals surface area contributed by atoms with Crippen molar-refractivity contribution in [2.45, 2.75) is 45.6 Å². The van der Waals surface area contributed by atoms with Gasteiger partial charge in [0, 0.05) is 6.04 Å². The van der Waals surface area contributed by atoms with Gasteiger partial charge in [-0.3, -0.25) is 0 Å². The van der Waals surface area contributed by atoms with Gasteiger partial charge in [-0.1, -0.05) is 26.2 Å². The molecule has 18 heavy (non-hydrogen) atoms. The molecule has 1 N–H and O–H groups in total. The van der Waals surface area contributed by atoms with E-state index in [0.29, 0.717) is 11.9 Å². The minimum atomic E-state index is -0.468. The van der Waals surface area contributed by atoms with E-state index in [1.54, 1.807) is 12.1 Å². The third-order valence-electron chi connectivity index (χ3n) is 2.69. The van der Waals surface area contributed by atoms with E-state index in [9.17, 15) is 4.79 Å². The number of carbonyl (C=O) groups excluding carboxylic acids is 1. The van der Waals surface area contributed by atoms with Crippen LogP contribution in [0.25, 0.3) is 0 Å². The molecule has 1 aromatic rings. The summed E-state index contributed by atoms with van der Waals surface area (Å²) in [5.41, 5.74) is 0.224. The van der Waals surface area contributed by atoms with Crippen LogP contribution < -0.4 is 5.32 Å². The summed E-state index contributed by atoms with van der Waals surface area (Å²) in [7, 11) is 1.33. The van der Waals surface area contributed by atoms with Crippen LogP contribution in [0.2, 0.25) is 0 Å². The first-order chi connectivity index (χ1) is 8.67. The number of nitrogens with zero attached hydrogens (tertiary/aromatic N) is 2. The Kier molecular flexibility index (Phi) is 6.11. The van der Waals surface area contributed by atoms with Crippen LogP contribution in [0.4, 0.5) is 5.82 Å². The smallest absolute Gasteiger partial charge is 0.358 e. The van der Waals surface area contributed by atoms with Crippen LogP contribution >= 0.6 is 0 Å². The van der Waals surface area contributed by atoms with E-state index in [4.69, 9.17) is 0 Å². The van der Waals surface area contributed by atoms with Crippen LogP contribution in [-0.2, 0) is 4.74 Å². The fourth-order valence-corrected chi connectivity index (χ4v) is 1.65. The van der Waals surface area contributed by atoms with E-state index in [2.05, 4.69) is 34.1 Å². The van der Waals surface area contributed by atoms with Gasteiger partial charge in [0.15, 0.2) is 5.69 Å². The Morgan fingerprint density at radius 2 is 2.17 bits per heavy atom. The summed E-state index contributed by atoms with van der Waals surface area (Å²) < 4.78 is 4.56. The van der Waals surface area contributed by atoms with Crippen LogP contribution in [0.3, 0.4) is 0 Å². The fourth-order valence-electron chi connectivity index (χ4n) is 1.65. The van der Waals surface area contributed by atoms with Crippen molar-refractivity contribution >= 4 is 11.8 Å². The van der Waals surface area contributed by atoms with E-state index < -0.39 is 5.97 Å². The highest BCUT2D eigenvalue weighted by Gasteiger charge is 2.08. The molecule has 5 nitrogen and oxygen atoms in total. The number of esters is 1. The molecular weight excluding hydrogens is 230 g/mol. The third kappa shape index (κ3) is 4.69. The Hall–Kier alpha value is -1.65. The minimum absolute atomic E-state index is 0.224. The highest BCUT2D eigenvalue weighted by molar-refractivity contribution is 5.86. The topological polar surface area (TPSA) is 64.1 Å². The molecule has 0 aliphatic rings. The van der Waals surface area contributed by atoms with Crippen molar-refractivity contribution < 1.29 is 9.53 Å². The number of rotatable bonds is 7. The first-order valence-corrected chi connectivity index (χ1v) is 6.36. The van der Waals surface area contributed by atoms with Gasteiger partial charge in [0.1, 0.15) is 5.82 Å². The summed E-state index contributed by atoms with van der Waals surface area (Å²) in [5.74, 6) is 0.219. The normalized spacial score (nSPS) is 11.9. The van der Waals surface area contributed by atoms with Crippen molar-refractivity contribution in [2.24, 2.45) is 0 Å². The lowest BCUT2D eigenvalue weighted by molar-refractivity contribution is 0.0593. The van der Waals surface area contributed by atoms with Crippen LogP contribution in [0, 0.1) is 0 Å². The molecule has 0 fully saturated rings. The number of unbranched alkanes of at least 4 members (excludes halogenated alkanes) is 2. The second-order valence-electron chi connectivity index (χ2n) is 4.34. The molecule has 1 unspecified atom stereocenters. The molecule has 0 radical (unpaired) electrons. The van der Waals surface area contributed by atoms with Gasteiger partial charge < -0.3 is 10.1 Å². The monoisotopic (exact) mass is 251 g/mol. The summed E-state index contributed by atoms with van der Waals surface area (Å²) in [4.78, 5) is 11.2. The average molecular weight is 251 g/mol. The van der Waals surface area contributed by atoms with Crippen molar-refractivity contribution in [3.63, 3.8) is 0 Å². The molecule has 100 valence electrons.